The first-order chi connectivity index (χ1) is 8.70. The number of hydrogen-bond acceptors (Lipinski definition) is 2. The van der Waals surface area contributed by atoms with Gasteiger partial charge in [-0.2, -0.15) is 5.26 Å². The molecule has 0 atom stereocenters. The Balaban J connectivity index is 2.19. The fraction of sp³-hybridized carbons (Fsp3) is 0.312. The highest BCUT2D eigenvalue weighted by Crippen LogP contribution is 2.22. The van der Waals surface area contributed by atoms with Crippen LogP contribution in [-0.4, -0.2) is 13.6 Å². The largest absolute Gasteiger partial charge is 0.375 e. The smallest absolute Gasteiger partial charge is 0.0622 e. The van der Waals surface area contributed by atoms with E-state index >= 15 is 0 Å². The molecular formula is C16H18N2. The van der Waals surface area contributed by atoms with Gasteiger partial charge in [0.2, 0.25) is 0 Å². The quantitative estimate of drug-likeness (QED) is 0.756. The average Bonchev–Trinajstić information content (AvgIpc) is 2.38. The van der Waals surface area contributed by atoms with Gasteiger partial charge in [-0.05, 0) is 36.2 Å². The van der Waals surface area contributed by atoms with Crippen LogP contribution in [0.15, 0.2) is 36.4 Å². The number of rotatable bonds is 4. The third-order valence-corrected chi connectivity index (χ3v) is 3.20. The minimum absolute atomic E-state index is 0.622. The van der Waals surface area contributed by atoms with Crippen molar-refractivity contribution < 1.29 is 0 Å². The number of hydrogen-bond donors (Lipinski definition) is 0. The molecule has 0 bridgehead atoms. The summed E-state index contributed by atoms with van der Waals surface area (Å²) >= 11 is 0. The van der Waals surface area contributed by atoms with Crippen molar-refractivity contribution in [3.63, 3.8) is 0 Å². The van der Waals surface area contributed by atoms with Crippen molar-refractivity contribution in [2.45, 2.75) is 19.8 Å². The minimum atomic E-state index is 0.622. The standard InChI is InChI=1S/C16H18N2/c1-13-5-6-15-12-16(8-7-14(15)11-13)18(2)10-4-3-9-17/h5-8,11-12H,3-4,10H2,1-2H3. The fourth-order valence-corrected chi connectivity index (χ4v) is 2.11. The molecule has 0 aromatic heterocycles. The molecule has 2 nitrogen and oxygen atoms in total. The Hall–Kier alpha value is -2.01. The van der Waals surface area contributed by atoms with E-state index in [4.69, 9.17) is 5.26 Å². The average molecular weight is 238 g/mol. The van der Waals surface area contributed by atoms with Gasteiger partial charge in [-0.25, -0.2) is 0 Å². The summed E-state index contributed by atoms with van der Waals surface area (Å²) in [5.74, 6) is 0. The maximum Gasteiger partial charge on any atom is 0.0622 e. The van der Waals surface area contributed by atoms with Crippen LogP contribution in [0, 0.1) is 18.3 Å². The van der Waals surface area contributed by atoms with E-state index in [-0.39, 0.29) is 0 Å². The van der Waals surface area contributed by atoms with Gasteiger partial charge in [-0.3, -0.25) is 0 Å². The summed E-state index contributed by atoms with van der Waals surface area (Å²) in [7, 11) is 2.08. The number of benzene rings is 2. The van der Waals surface area contributed by atoms with Gasteiger partial charge in [-0.1, -0.05) is 29.8 Å². The second kappa shape index (κ2) is 5.55. The predicted molar refractivity (Wildman–Crippen MR) is 76.8 cm³/mol. The van der Waals surface area contributed by atoms with E-state index in [1.54, 1.807) is 0 Å². The second-order valence-electron chi connectivity index (χ2n) is 4.72. The van der Waals surface area contributed by atoms with Gasteiger partial charge >= 0.3 is 0 Å². The molecule has 0 saturated carbocycles. The lowest BCUT2D eigenvalue weighted by atomic mass is 10.1. The molecule has 0 amide bonds. The summed E-state index contributed by atoms with van der Waals surface area (Å²) in [5, 5.41) is 11.1. The molecule has 0 aliphatic carbocycles. The van der Waals surface area contributed by atoms with E-state index in [1.165, 1.54) is 22.0 Å². The number of aryl methyl sites for hydroxylation is 1. The molecule has 18 heavy (non-hydrogen) atoms. The first-order valence-electron chi connectivity index (χ1n) is 6.29. The molecule has 2 aromatic carbocycles. The summed E-state index contributed by atoms with van der Waals surface area (Å²) < 4.78 is 0. The first kappa shape index (κ1) is 12.4. The van der Waals surface area contributed by atoms with E-state index in [0.29, 0.717) is 6.42 Å². The highest BCUT2D eigenvalue weighted by Gasteiger charge is 2.02. The zero-order chi connectivity index (χ0) is 13.0. The molecule has 0 fully saturated rings. The summed E-state index contributed by atoms with van der Waals surface area (Å²) in [6, 6.07) is 15.2. The van der Waals surface area contributed by atoms with Gasteiger partial charge < -0.3 is 4.90 Å². The van der Waals surface area contributed by atoms with Crippen molar-refractivity contribution in [3.05, 3.63) is 42.0 Å². The normalized spacial score (nSPS) is 10.3. The summed E-state index contributed by atoms with van der Waals surface area (Å²) in [4.78, 5) is 2.20. The van der Waals surface area contributed by atoms with Crippen LogP contribution < -0.4 is 4.90 Å². The fourth-order valence-electron chi connectivity index (χ4n) is 2.11. The van der Waals surface area contributed by atoms with Gasteiger partial charge in [0.05, 0.1) is 6.07 Å². The molecule has 2 aromatic rings. The Bertz CT molecular complexity index is 581. The number of nitrogens with zero attached hydrogens (tertiary/aromatic N) is 2. The lowest BCUT2D eigenvalue weighted by Gasteiger charge is -2.19. The summed E-state index contributed by atoms with van der Waals surface area (Å²) in [5.41, 5.74) is 2.50. The van der Waals surface area contributed by atoms with E-state index in [0.717, 1.165) is 13.0 Å². The van der Waals surface area contributed by atoms with Crippen LogP contribution in [0.2, 0.25) is 0 Å². The van der Waals surface area contributed by atoms with Crippen LogP contribution in [0.3, 0.4) is 0 Å². The highest BCUT2D eigenvalue weighted by molar-refractivity contribution is 5.86. The lowest BCUT2D eigenvalue weighted by molar-refractivity contribution is 0.807. The SMILES string of the molecule is Cc1ccc2cc(N(C)CCCC#N)ccc2c1. The van der Waals surface area contributed by atoms with E-state index in [9.17, 15) is 0 Å². The Morgan fingerprint density at radius 2 is 1.83 bits per heavy atom. The van der Waals surface area contributed by atoms with Crippen molar-refractivity contribution in [3.8, 4) is 6.07 Å². The van der Waals surface area contributed by atoms with E-state index < -0.39 is 0 Å². The first-order valence-corrected chi connectivity index (χ1v) is 6.29. The summed E-state index contributed by atoms with van der Waals surface area (Å²) in [6.45, 7) is 3.03. The minimum Gasteiger partial charge on any atom is -0.375 e. The van der Waals surface area contributed by atoms with Crippen molar-refractivity contribution in [1.29, 1.82) is 5.26 Å². The summed E-state index contributed by atoms with van der Waals surface area (Å²) in [6.07, 6.45) is 1.54. The molecule has 0 spiro atoms. The van der Waals surface area contributed by atoms with Gasteiger partial charge in [0.15, 0.2) is 0 Å². The Morgan fingerprint density at radius 3 is 2.61 bits per heavy atom. The molecule has 2 heteroatoms. The topological polar surface area (TPSA) is 27.0 Å². The van der Waals surface area contributed by atoms with Crippen molar-refractivity contribution in [2.24, 2.45) is 0 Å². The van der Waals surface area contributed by atoms with Crippen LogP contribution >= 0.6 is 0 Å². The number of anilines is 1. The van der Waals surface area contributed by atoms with Crippen LogP contribution in [-0.2, 0) is 0 Å². The van der Waals surface area contributed by atoms with Crippen molar-refractivity contribution >= 4 is 16.5 Å². The van der Waals surface area contributed by atoms with Crippen LogP contribution in [0.25, 0.3) is 10.8 Å². The third kappa shape index (κ3) is 2.81. The van der Waals surface area contributed by atoms with Gasteiger partial charge in [0, 0.05) is 25.7 Å². The Labute approximate surface area is 108 Å². The highest BCUT2D eigenvalue weighted by atomic mass is 15.1. The lowest BCUT2D eigenvalue weighted by Crippen LogP contribution is -2.18. The van der Waals surface area contributed by atoms with E-state index in [1.807, 2.05) is 0 Å². The molecular weight excluding hydrogens is 220 g/mol. The number of fused-ring (bicyclic) bond motifs is 1. The molecule has 0 N–H and O–H groups in total. The van der Waals surface area contributed by atoms with Crippen LogP contribution in [0.5, 0.6) is 0 Å². The zero-order valence-electron chi connectivity index (χ0n) is 11.0. The molecule has 0 heterocycles. The number of unbranched alkanes of at least 4 members (excludes halogenated alkanes) is 1. The molecule has 0 aliphatic rings. The molecule has 92 valence electrons. The molecule has 2 rings (SSSR count). The van der Waals surface area contributed by atoms with Gasteiger partial charge in [0.1, 0.15) is 0 Å². The van der Waals surface area contributed by atoms with Gasteiger partial charge in [0.25, 0.3) is 0 Å². The third-order valence-electron chi connectivity index (χ3n) is 3.20. The van der Waals surface area contributed by atoms with Crippen molar-refractivity contribution in [1.82, 2.24) is 0 Å². The molecule has 0 radical (unpaired) electrons. The zero-order valence-corrected chi connectivity index (χ0v) is 11.0. The maximum absolute atomic E-state index is 8.55. The number of nitriles is 1. The van der Waals surface area contributed by atoms with Crippen LogP contribution in [0.4, 0.5) is 5.69 Å². The van der Waals surface area contributed by atoms with Crippen molar-refractivity contribution in [2.75, 3.05) is 18.5 Å². The predicted octanol–water partition coefficient (Wildman–Crippen LogP) is 3.89. The second-order valence-corrected chi connectivity index (χ2v) is 4.72. The monoisotopic (exact) mass is 238 g/mol. The Morgan fingerprint density at radius 1 is 1.11 bits per heavy atom. The molecule has 0 unspecified atom stereocenters. The van der Waals surface area contributed by atoms with E-state index in [2.05, 4.69) is 61.3 Å². The van der Waals surface area contributed by atoms with Crippen LogP contribution in [0.1, 0.15) is 18.4 Å². The van der Waals surface area contributed by atoms with Gasteiger partial charge in [-0.15, -0.1) is 0 Å². The maximum atomic E-state index is 8.55. The molecule has 0 aliphatic heterocycles. The Kier molecular flexibility index (Phi) is 3.84. The molecule has 0 saturated heterocycles.